The van der Waals surface area contributed by atoms with E-state index in [9.17, 15) is 13.0 Å². The van der Waals surface area contributed by atoms with Gasteiger partial charge in [-0.25, -0.2) is 13.4 Å². The molecule has 0 saturated heterocycles. The minimum Gasteiger partial charge on any atom is -0.726 e. The Labute approximate surface area is 97.5 Å². The Kier molecular flexibility index (Phi) is 6.73. The van der Waals surface area contributed by atoms with E-state index in [4.69, 9.17) is 0 Å². The molecular formula is C9H20N2O4S. The summed E-state index contributed by atoms with van der Waals surface area (Å²) in [5, 5.41) is 0. The number of nitrogens with zero attached hydrogens (tertiary/aromatic N) is 2. The number of hydrogen-bond acceptors (Lipinski definition) is 5. The van der Waals surface area contributed by atoms with Gasteiger partial charge in [0.1, 0.15) is 6.54 Å². The van der Waals surface area contributed by atoms with E-state index in [0.717, 1.165) is 18.1 Å². The maximum absolute atomic E-state index is 9.22. The Morgan fingerprint density at radius 3 is 2.44 bits per heavy atom. The smallest absolute Gasteiger partial charge is 0.217 e. The van der Waals surface area contributed by atoms with Crippen LogP contribution in [0.15, 0.2) is 4.99 Å². The highest BCUT2D eigenvalue weighted by atomic mass is 32.3. The third-order valence-corrected chi connectivity index (χ3v) is 2.74. The van der Waals surface area contributed by atoms with Crippen molar-refractivity contribution in [3.05, 3.63) is 0 Å². The first-order valence-corrected chi connectivity index (χ1v) is 6.53. The molecule has 0 saturated carbocycles. The summed E-state index contributed by atoms with van der Waals surface area (Å²) in [6, 6.07) is 0. The van der Waals surface area contributed by atoms with Crippen LogP contribution in [0.3, 0.4) is 0 Å². The maximum Gasteiger partial charge on any atom is 0.217 e. The number of aliphatic imine (C=N–C) groups is 1. The van der Waals surface area contributed by atoms with Gasteiger partial charge in [0, 0.05) is 0 Å². The van der Waals surface area contributed by atoms with Crippen LogP contribution in [0.4, 0.5) is 0 Å². The monoisotopic (exact) mass is 252 g/mol. The van der Waals surface area contributed by atoms with Crippen molar-refractivity contribution in [2.75, 3.05) is 33.8 Å². The molecule has 0 bridgehead atoms. The van der Waals surface area contributed by atoms with E-state index < -0.39 is 10.4 Å². The van der Waals surface area contributed by atoms with E-state index in [-0.39, 0.29) is 0 Å². The molecule has 1 aliphatic heterocycles. The van der Waals surface area contributed by atoms with E-state index in [1.54, 1.807) is 0 Å². The van der Waals surface area contributed by atoms with Gasteiger partial charge in [-0.3, -0.25) is 8.67 Å². The number of likely N-dealkylation sites (N-methyl/N-ethyl adjacent to an activating group) is 1. The summed E-state index contributed by atoms with van der Waals surface area (Å²) in [6.07, 6.45) is 4.71. The first-order chi connectivity index (χ1) is 7.33. The molecule has 0 aliphatic carbocycles. The zero-order valence-corrected chi connectivity index (χ0v) is 10.9. The first kappa shape index (κ1) is 15.5. The molecule has 96 valence electrons. The molecule has 6 nitrogen and oxygen atoms in total. The molecule has 0 amide bonds. The molecule has 0 fully saturated rings. The lowest BCUT2D eigenvalue weighted by Crippen LogP contribution is -2.41. The molecule has 0 aromatic carbocycles. The second kappa shape index (κ2) is 6.95. The van der Waals surface area contributed by atoms with Crippen molar-refractivity contribution in [3.8, 4) is 0 Å². The second-order valence-electron chi connectivity index (χ2n) is 3.88. The topological polar surface area (TPSA) is 78.8 Å². The lowest BCUT2D eigenvalue weighted by molar-refractivity contribution is -0.807. The predicted molar refractivity (Wildman–Crippen MR) is 60.9 cm³/mol. The van der Waals surface area contributed by atoms with Crippen LogP contribution in [-0.2, 0) is 14.6 Å². The fourth-order valence-electron chi connectivity index (χ4n) is 1.29. The molecule has 0 aromatic heterocycles. The number of hydrogen-bond donors (Lipinski definition) is 0. The molecular weight excluding hydrogens is 232 g/mol. The molecule has 7 heteroatoms. The van der Waals surface area contributed by atoms with Gasteiger partial charge in [0.25, 0.3) is 0 Å². The number of quaternary nitrogens is 1. The van der Waals surface area contributed by atoms with Crippen LogP contribution in [0.1, 0.15) is 19.8 Å². The molecule has 1 unspecified atom stereocenters. The summed E-state index contributed by atoms with van der Waals surface area (Å²) in [6.45, 7) is 5.74. The average Bonchev–Trinajstić information content (AvgIpc) is 2.63. The summed E-state index contributed by atoms with van der Waals surface area (Å²) in [7, 11) is -1.35. The van der Waals surface area contributed by atoms with E-state index in [1.165, 1.54) is 25.9 Å². The van der Waals surface area contributed by atoms with Gasteiger partial charge < -0.3 is 4.55 Å². The fraction of sp³-hybridized carbons (Fsp3) is 0.889. The fourth-order valence-corrected chi connectivity index (χ4v) is 1.29. The van der Waals surface area contributed by atoms with E-state index in [1.807, 2.05) is 0 Å². The molecule has 1 heterocycles. The van der Waals surface area contributed by atoms with Crippen molar-refractivity contribution < 1.29 is 21.6 Å². The van der Waals surface area contributed by atoms with E-state index in [2.05, 4.69) is 29.5 Å². The molecule has 0 aromatic rings. The van der Waals surface area contributed by atoms with Gasteiger partial charge >= 0.3 is 0 Å². The van der Waals surface area contributed by atoms with Crippen molar-refractivity contribution in [2.45, 2.75) is 19.8 Å². The second-order valence-corrected chi connectivity index (χ2v) is 5.03. The third-order valence-electron chi connectivity index (χ3n) is 2.33. The zero-order chi connectivity index (χ0) is 12.7. The van der Waals surface area contributed by atoms with Gasteiger partial charge in [-0.1, -0.05) is 13.3 Å². The minimum atomic E-state index is -4.41. The van der Waals surface area contributed by atoms with Crippen molar-refractivity contribution in [2.24, 2.45) is 4.99 Å². The Balaban J connectivity index is 0.000000325. The van der Waals surface area contributed by atoms with Crippen molar-refractivity contribution in [1.82, 2.24) is 0 Å². The summed E-state index contributed by atoms with van der Waals surface area (Å²) in [5.74, 6) is 0. The maximum atomic E-state index is 9.22. The molecule has 16 heavy (non-hydrogen) atoms. The van der Waals surface area contributed by atoms with Crippen LogP contribution in [-0.4, -0.2) is 57.6 Å². The largest absolute Gasteiger partial charge is 0.726 e. The average molecular weight is 252 g/mol. The normalized spacial score (nSPS) is 24.0. The van der Waals surface area contributed by atoms with Gasteiger partial charge in [0.05, 0.1) is 27.2 Å². The molecule has 0 N–H and O–H groups in total. The molecule has 1 aliphatic rings. The standard InChI is InChI=1S/C8H17N2.CH4O4S/c1-3-4-6-10(2)7-5-9-8-10;1-5-6(2,3)4/h8H,3-7H2,1-2H3;1H3,(H,2,3,4)/q+1;/p-1. The minimum absolute atomic E-state index is 0.808. The number of rotatable bonds is 4. The van der Waals surface area contributed by atoms with Crippen molar-refractivity contribution in [3.63, 3.8) is 0 Å². The SMILES string of the molecule is CCCC[N+]1(C)C=NCC1.COS(=O)(=O)[O-]. The van der Waals surface area contributed by atoms with Crippen molar-refractivity contribution in [1.29, 1.82) is 0 Å². The van der Waals surface area contributed by atoms with Crippen molar-refractivity contribution >= 4 is 16.7 Å². The highest BCUT2D eigenvalue weighted by Crippen LogP contribution is 2.06. The van der Waals surface area contributed by atoms with Gasteiger partial charge in [0.15, 0.2) is 6.34 Å². The van der Waals surface area contributed by atoms with Gasteiger partial charge in [-0.05, 0) is 6.42 Å². The molecule has 0 spiro atoms. The Morgan fingerprint density at radius 1 is 1.56 bits per heavy atom. The summed E-state index contributed by atoms with van der Waals surface area (Å²) >= 11 is 0. The lowest BCUT2D eigenvalue weighted by atomic mass is 10.3. The van der Waals surface area contributed by atoms with Gasteiger partial charge in [0.2, 0.25) is 10.4 Å². The van der Waals surface area contributed by atoms with Crippen LogP contribution in [0.2, 0.25) is 0 Å². The molecule has 1 rings (SSSR count). The van der Waals surface area contributed by atoms with Crippen LogP contribution in [0.25, 0.3) is 0 Å². The zero-order valence-electron chi connectivity index (χ0n) is 10.0. The predicted octanol–water partition coefficient (Wildman–Crippen LogP) is 0.368. The summed E-state index contributed by atoms with van der Waals surface area (Å²) < 4.78 is 32.1. The Hall–Kier alpha value is -0.500. The van der Waals surface area contributed by atoms with Crippen LogP contribution >= 0.6 is 0 Å². The molecule has 0 radical (unpaired) electrons. The highest BCUT2D eigenvalue weighted by molar-refractivity contribution is 7.80. The first-order valence-electron chi connectivity index (χ1n) is 5.19. The third kappa shape index (κ3) is 7.75. The van der Waals surface area contributed by atoms with Crippen LogP contribution < -0.4 is 0 Å². The number of unbranched alkanes of at least 4 members (excludes halogenated alkanes) is 1. The van der Waals surface area contributed by atoms with Gasteiger partial charge in [-0.2, -0.15) is 0 Å². The highest BCUT2D eigenvalue weighted by Gasteiger charge is 2.21. The Morgan fingerprint density at radius 2 is 2.12 bits per heavy atom. The quantitative estimate of drug-likeness (QED) is 0.411. The Bertz CT molecular complexity index is 315. The van der Waals surface area contributed by atoms with E-state index >= 15 is 0 Å². The van der Waals surface area contributed by atoms with Crippen LogP contribution in [0, 0.1) is 0 Å². The van der Waals surface area contributed by atoms with Crippen LogP contribution in [0.5, 0.6) is 0 Å². The van der Waals surface area contributed by atoms with E-state index in [0.29, 0.717) is 0 Å². The lowest BCUT2D eigenvalue weighted by Gasteiger charge is -2.24. The summed E-state index contributed by atoms with van der Waals surface area (Å²) in [4.78, 5) is 4.24. The van der Waals surface area contributed by atoms with Gasteiger partial charge in [-0.15, -0.1) is 0 Å². The summed E-state index contributed by atoms with van der Waals surface area (Å²) in [5.41, 5.74) is 0. The molecule has 1 atom stereocenters.